The molecule has 0 amide bonds. The maximum atomic E-state index is 13.2. The average molecular weight is 333 g/mol. The van der Waals surface area contributed by atoms with Crippen molar-refractivity contribution in [3.05, 3.63) is 53.9 Å². The lowest BCUT2D eigenvalue weighted by atomic mass is 10.1. The first kappa shape index (κ1) is 15.7. The second-order valence-electron chi connectivity index (χ2n) is 4.77. The molecular weight excluding hydrogens is 323 g/mol. The molecule has 0 spiro atoms. The fourth-order valence-corrected chi connectivity index (χ4v) is 2.27. The van der Waals surface area contributed by atoms with E-state index in [0.717, 1.165) is 4.68 Å². The summed E-state index contributed by atoms with van der Waals surface area (Å²) < 4.78 is 50.9. The molecule has 3 aromatic rings. The standard InChI is InChI=1S/C16H10F3N3O2/c1-23-11-6-4-10(5-7-11)22-14(13-3-2-8-24-13)12(9-20)15(21-22)16(17,18)19/h2-8H,1H3. The van der Waals surface area contributed by atoms with Gasteiger partial charge in [0.2, 0.25) is 0 Å². The van der Waals surface area contributed by atoms with E-state index in [2.05, 4.69) is 5.10 Å². The Labute approximate surface area is 134 Å². The maximum Gasteiger partial charge on any atom is 0.436 e. The van der Waals surface area contributed by atoms with Crippen molar-refractivity contribution < 1.29 is 22.3 Å². The average Bonchev–Trinajstić information content (AvgIpc) is 3.21. The number of nitriles is 1. The predicted octanol–water partition coefficient (Wildman–Crippen LogP) is 4.03. The van der Waals surface area contributed by atoms with Crippen molar-refractivity contribution in [1.82, 2.24) is 9.78 Å². The van der Waals surface area contributed by atoms with Crippen molar-refractivity contribution in [2.24, 2.45) is 0 Å². The zero-order valence-corrected chi connectivity index (χ0v) is 12.3. The van der Waals surface area contributed by atoms with Crippen molar-refractivity contribution >= 4 is 0 Å². The highest BCUT2D eigenvalue weighted by molar-refractivity contribution is 5.67. The highest BCUT2D eigenvalue weighted by atomic mass is 19.4. The molecule has 0 bridgehead atoms. The number of methoxy groups -OCH3 is 1. The molecule has 0 atom stereocenters. The van der Waals surface area contributed by atoms with Gasteiger partial charge in [-0.05, 0) is 36.4 Å². The van der Waals surface area contributed by atoms with Crippen LogP contribution < -0.4 is 4.74 Å². The third-order valence-corrected chi connectivity index (χ3v) is 3.34. The summed E-state index contributed by atoms with van der Waals surface area (Å²) in [5, 5.41) is 12.8. The number of furan rings is 1. The number of halogens is 3. The Hall–Kier alpha value is -3.21. The monoisotopic (exact) mass is 333 g/mol. The van der Waals surface area contributed by atoms with Gasteiger partial charge in [0.15, 0.2) is 11.5 Å². The molecule has 24 heavy (non-hydrogen) atoms. The number of ether oxygens (including phenoxy) is 1. The molecule has 0 aliphatic rings. The van der Waals surface area contributed by atoms with Gasteiger partial charge in [-0.1, -0.05) is 0 Å². The number of hydrogen-bond donors (Lipinski definition) is 0. The fourth-order valence-electron chi connectivity index (χ4n) is 2.27. The molecule has 1 aromatic carbocycles. The van der Waals surface area contributed by atoms with Crippen LogP contribution in [0.2, 0.25) is 0 Å². The SMILES string of the molecule is COc1ccc(-n2nc(C(F)(F)F)c(C#N)c2-c2ccco2)cc1. The third kappa shape index (κ3) is 2.60. The van der Waals surface area contributed by atoms with Crippen LogP contribution in [0.25, 0.3) is 17.1 Å². The predicted molar refractivity (Wildman–Crippen MR) is 77.5 cm³/mol. The van der Waals surface area contributed by atoms with Crippen LogP contribution in [0.1, 0.15) is 11.3 Å². The minimum atomic E-state index is -4.76. The van der Waals surface area contributed by atoms with Gasteiger partial charge < -0.3 is 9.15 Å². The normalized spacial score (nSPS) is 11.3. The second-order valence-corrected chi connectivity index (χ2v) is 4.77. The Morgan fingerprint density at radius 3 is 2.42 bits per heavy atom. The summed E-state index contributed by atoms with van der Waals surface area (Å²) in [6.07, 6.45) is -3.45. The van der Waals surface area contributed by atoms with E-state index in [9.17, 15) is 18.4 Å². The van der Waals surface area contributed by atoms with Crippen LogP contribution in [0.4, 0.5) is 13.2 Å². The maximum absolute atomic E-state index is 13.2. The van der Waals surface area contributed by atoms with Gasteiger partial charge in [0.05, 0.1) is 19.1 Å². The molecule has 0 radical (unpaired) electrons. The highest BCUT2D eigenvalue weighted by Crippen LogP contribution is 2.37. The molecule has 0 aliphatic carbocycles. The Morgan fingerprint density at radius 1 is 1.21 bits per heavy atom. The highest BCUT2D eigenvalue weighted by Gasteiger charge is 2.40. The number of nitrogens with zero attached hydrogens (tertiary/aromatic N) is 3. The summed E-state index contributed by atoms with van der Waals surface area (Å²) in [5.74, 6) is 0.660. The topological polar surface area (TPSA) is 64.0 Å². The van der Waals surface area contributed by atoms with Gasteiger partial charge >= 0.3 is 6.18 Å². The minimum Gasteiger partial charge on any atom is -0.497 e. The molecule has 2 aromatic heterocycles. The van der Waals surface area contributed by atoms with Gasteiger partial charge in [-0.2, -0.15) is 23.5 Å². The van der Waals surface area contributed by atoms with Crippen LogP contribution in [0, 0.1) is 11.3 Å². The van der Waals surface area contributed by atoms with Crippen LogP contribution in [0.15, 0.2) is 47.1 Å². The van der Waals surface area contributed by atoms with E-state index in [4.69, 9.17) is 9.15 Å². The zero-order chi connectivity index (χ0) is 17.3. The molecule has 0 unspecified atom stereocenters. The van der Waals surface area contributed by atoms with E-state index in [1.807, 2.05) is 0 Å². The quantitative estimate of drug-likeness (QED) is 0.726. The molecule has 0 fully saturated rings. The van der Waals surface area contributed by atoms with Crippen LogP contribution in [-0.2, 0) is 6.18 Å². The first-order chi connectivity index (χ1) is 11.5. The van der Waals surface area contributed by atoms with Gasteiger partial charge in [-0.25, -0.2) is 4.68 Å². The Balaban J connectivity index is 2.28. The van der Waals surface area contributed by atoms with Crippen LogP contribution in [0.3, 0.4) is 0 Å². The summed E-state index contributed by atoms with van der Waals surface area (Å²) in [6.45, 7) is 0. The molecule has 0 saturated carbocycles. The third-order valence-electron chi connectivity index (χ3n) is 3.34. The van der Waals surface area contributed by atoms with Crippen molar-refractivity contribution in [3.63, 3.8) is 0 Å². The lowest BCUT2D eigenvalue weighted by Gasteiger charge is -2.07. The number of rotatable bonds is 3. The molecule has 5 nitrogen and oxygen atoms in total. The zero-order valence-electron chi connectivity index (χ0n) is 12.3. The van der Waals surface area contributed by atoms with Gasteiger partial charge in [-0.15, -0.1) is 0 Å². The molecule has 3 rings (SSSR count). The van der Waals surface area contributed by atoms with E-state index in [1.165, 1.54) is 25.5 Å². The minimum absolute atomic E-state index is 0.0556. The Kier molecular flexibility index (Phi) is 3.77. The summed E-state index contributed by atoms with van der Waals surface area (Å²) in [4.78, 5) is 0. The number of hydrogen-bond acceptors (Lipinski definition) is 4. The first-order valence-corrected chi connectivity index (χ1v) is 6.74. The number of aromatic nitrogens is 2. The van der Waals surface area contributed by atoms with Crippen molar-refractivity contribution in [3.8, 4) is 29.0 Å². The van der Waals surface area contributed by atoms with E-state index in [-0.39, 0.29) is 11.5 Å². The fraction of sp³-hybridized carbons (Fsp3) is 0.125. The largest absolute Gasteiger partial charge is 0.497 e. The Morgan fingerprint density at radius 2 is 1.92 bits per heavy atom. The van der Waals surface area contributed by atoms with Gasteiger partial charge in [0.1, 0.15) is 23.1 Å². The molecule has 0 saturated heterocycles. The molecular formula is C16H10F3N3O2. The molecule has 2 heterocycles. The summed E-state index contributed by atoms with van der Waals surface area (Å²) in [5.41, 5.74) is -1.56. The van der Waals surface area contributed by atoms with Crippen molar-refractivity contribution in [2.75, 3.05) is 7.11 Å². The number of alkyl halides is 3. The molecule has 122 valence electrons. The second kappa shape index (κ2) is 5.77. The van der Waals surface area contributed by atoms with Gasteiger partial charge in [-0.3, -0.25) is 0 Å². The van der Waals surface area contributed by atoms with Gasteiger partial charge in [0, 0.05) is 0 Å². The Bertz CT molecular complexity index is 889. The van der Waals surface area contributed by atoms with E-state index >= 15 is 0 Å². The summed E-state index contributed by atoms with van der Waals surface area (Å²) in [7, 11) is 1.48. The van der Waals surface area contributed by atoms with Crippen LogP contribution in [0.5, 0.6) is 5.75 Å². The smallest absolute Gasteiger partial charge is 0.436 e. The van der Waals surface area contributed by atoms with Crippen LogP contribution in [-0.4, -0.2) is 16.9 Å². The van der Waals surface area contributed by atoms with Gasteiger partial charge in [0.25, 0.3) is 0 Å². The lowest BCUT2D eigenvalue weighted by molar-refractivity contribution is -0.141. The lowest BCUT2D eigenvalue weighted by Crippen LogP contribution is -2.08. The van der Waals surface area contributed by atoms with E-state index in [1.54, 1.807) is 30.3 Å². The number of benzene rings is 1. The van der Waals surface area contributed by atoms with E-state index in [0.29, 0.717) is 11.4 Å². The molecule has 8 heteroatoms. The summed E-state index contributed by atoms with van der Waals surface area (Å²) in [6, 6.07) is 10.8. The van der Waals surface area contributed by atoms with Crippen molar-refractivity contribution in [1.29, 1.82) is 5.26 Å². The van der Waals surface area contributed by atoms with E-state index < -0.39 is 17.4 Å². The molecule has 0 aliphatic heterocycles. The van der Waals surface area contributed by atoms with Crippen LogP contribution >= 0.6 is 0 Å². The first-order valence-electron chi connectivity index (χ1n) is 6.74. The van der Waals surface area contributed by atoms with Crippen molar-refractivity contribution in [2.45, 2.75) is 6.18 Å². The molecule has 0 N–H and O–H groups in total. The summed E-state index contributed by atoms with van der Waals surface area (Å²) >= 11 is 0.